The molecule has 1 saturated heterocycles. The average molecular weight is 274 g/mol. The molecule has 2 amide bonds. The standard InChI is InChI=1S/C15H18N2O3/c18-15(17-5-1-2-6-17)16-13-11-4-8-19-12(11)9-10-3-7-20-14(10)13/h9H,1-8H2,(H,16,18). The Morgan fingerprint density at radius 2 is 1.95 bits per heavy atom. The highest BCUT2D eigenvalue weighted by atomic mass is 16.5. The quantitative estimate of drug-likeness (QED) is 0.854. The maximum atomic E-state index is 12.3. The lowest BCUT2D eigenvalue weighted by Gasteiger charge is -2.19. The number of carbonyl (C=O) groups excluding carboxylic acids is 1. The SMILES string of the molecule is O=C(Nc1c2c(cc3c1OCC3)OCC2)N1CCCC1. The molecule has 0 radical (unpaired) electrons. The van der Waals surface area contributed by atoms with Gasteiger partial charge < -0.3 is 19.7 Å². The Morgan fingerprint density at radius 1 is 1.15 bits per heavy atom. The highest BCUT2D eigenvalue weighted by molar-refractivity contribution is 5.93. The van der Waals surface area contributed by atoms with Gasteiger partial charge in [-0.15, -0.1) is 0 Å². The van der Waals surface area contributed by atoms with E-state index in [1.54, 1.807) is 0 Å². The number of ether oxygens (including phenoxy) is 2. The van der Waals surface area contributed by atoms with Crippen molar-refractivity contribution in [1.82, 2.24) is 4.90 Å². The van der Waals surface area contributed by atoms with Gasteiger partial charge in [0.1, 0.15) is 11.5 Å². The molecule has 0 atom stereocenters. The maximum Gasteiger partial charge on any atom is 0.321 e. The third-order valence-corrected chi connectivity index (χ3v) is 4.28. The molecule has 106 valence electrons. The fourth-order valence-corrected chi connectivity index (χ4v) is 3.22. The molecule has 0 aliphatic carbocycles. The van der Waals surface area contributed by atoms with E-state index in [-0.39, 0.29) is 6.03 Å². The molecule has 4 rings (SSSR count). The number of nitrogens with zero attached hydrogens (tertiary/aromatic N) is 1. The summed E-state index contributed by atoms with van der Waals surface area (Å²) in [6, 6.07) is 2.05. The number of urea groups is 1. The lowest BCUT2D eigenvalue weighted by molar-refractivity contribution is 0.222. The molecule has 0 spiro atoms. The van der Waals surface area contributed by atoms with Crippen LogP contribution in [0.2, 0.25) is 0 Å². The van der Waals surface area contributed by atoms with Crippen LogP contribution in [0.3, 0.4) is 0 Å². The van der Waals surface area contributed by atoms with Crippen LogP contribution in [0, 0.1) is 0 Å². The van der Waals surface area contributed by atoms with Crippen molar-refractivity contribution >= 4 is 11.7 Å². The van der Waals surface area contributed by atoms with Crippen LogP contribution in [0.15, 0.2) is 6.07 Å². The normalized spacial score (nSPS) is 19.3. The van der Waals surface area contributed by atoms with Gasteiger partial charge in [-0.3, -0.25) is 0 Å². The minimum Gasteiger partial charge on any atom is -0.493 e. The summed E-state index contributed by atoms with van der Waals surface area (Å²) >= 11 is 0. The zero-order valence-corrected chi connectivity index (χ0v) is 11.4. The van der Waals surface area contributed by atoms with Gasteiger partial charge in [0, 0.05) is 37.1 Å². The van der Waals surface area contributed by atoms with Crippen LogP contribution in [0.1, 0.15) is 24.0 Å². The second-order valence-electron chi connectivity index (χ2n) is 5.54. The molecule has 1 fully saturated rings. The van der Waals surface area contributed by atoms with Gasteiger partial charge in [0.15, 0.2) is 0 Å². The molecular weight excluding hydrogens is 256 g/mol. The van der Waals surface area contributed by atoms with Crippen LogP contribution in [-0.2, 0) is 12.8 Å². The molecule has 1 aromatic rings. The zero-order chi connectivity index (χ0) is 13.5. The molecule has 0 aromatic heterocycles. The summed E-state index contributed by atoms with van der Waals surface area (Å²) in [5, 5.41) is 3.07. The van der Waals surface area contributed by atoms with Crippen LogP contribution < -0.4 is 14.8 Å². The molecule has 0 saturated carbocycles. The van der Waals surface area contributed by atoms with Gasteiger partial charge in [-0.25, -0.2) is 4.79 Å². The molecule has 5 nitrogen and oxygen atoms in total. The molecule has 3 aliphatic heterocycles. The highest BCUT2D eigenvalue weighted by Gasteiger charge is 2.29. The Balaban J connectivity index is 1.68. The molecule has 1 N–H and O–H groups in total. The number of anilines is 1. The smallest absolute Gasteiger partial charge is 0.321 e. The third-order valence-electron chi connectivity index (χ3n) is 4.28. The number of fused-ring (bicyclic) bond motifs is 2. The van der Waals surface area contributed by atoms with Crippen molar-refractivity contribution in [2.75, 3.05) is 31.6 Å². The monoisotopic (exact) mass is 274 g/mol. The third kappa shape index (κ3) is 1.80. The minimum atomic E-state index is -0.0134. The second-order valence-corrected chi connectivity index (χ2v) is 5.54. The number of nitrogens with one attached hydrogen (secondary N) is 1. The predicted octanol–water partition coefficient (Wildman–Crippen LogP) is 2.18. The van der Waals surface area contributed by atoms with Crippen LogP contribution in [0.4, 0.5) is 10.5 Å². The van der Waals surface area contributed by atoms with Gasteiger partial charge in [-0.1, -0.05) is 0 Å². The Kier molecular flexibility index (Phi) is 2.72. The second kappa shape index (κ2) is 4.58. The Bertz CT molecular complexity index is 532. The summed E-state index contributed by atoms with van der Waals surface area (Å²) in [7, 11) is 0. The van der Waals surface area contributed by atoms with E-state index in [0.29, 0.717) is 13.2 Å². The van der Waals surface area contributed by atoms with E-state index >= 15 is 0 Å². The summed E-state index contributed by atoms with van der Waals surface area (Å²) < 4.78 is 11.4. The molecule has 0 unspecified atom stereocenters. The fraction of sp³-hybridized carbons (Fsp3) is 0.533. The number of likely N-dealkylation sites (tertiary alicyclic amines) is 1. The van der Waals surface area contributed by atoms with Crippen molar-refractivity contribution in [3.05, 3.63) is 17.2 Å². The van der Waals surface area contributed by atoms with Crippen molar-refractivity contribution in [3.8, 4) is 11.5 Å². The van der Waals surface area contributed by atoms with E-state index in [9.17, 15) is 4.79 Å². The van der Waals surface area contributed by atoms with E-state index in [1.807, 2.05) is 4.90 Å². The number of hydrogen-bond donors (Lipinski definition) is 1. The average Bonchev–Trinajstić information content (AvgIpc) is 3.19. The first-order valence-electron chi connectivity index (χ1n) is 7.33. The largest absolute Gasteiger partial charge is 0.493 e. The first-order chi connectivity index (χ1) is 9.83. The molecule has 0 bridgehead atoms. The fourth-order valence-electron chi connectivity index (χ4n) is 3.22. The minimum absolute atomic E-state index is 0.0134. The molecule has 3 heterocycles. The van der Waals surface area contributed by atoms with Crippen LogP contribution in [0.5, 0.6) is 11.5 Å². The molecule has 3 aliphatic rings. The van der Waals surface area contributed by atoms with Gasteiger partial charge in [0.25, 0.3) is 0 Å². The predicted molar refractivity (Wildman–Crippen MR) is 74.7 cm³/mol. The Morgan fingerprint density at radius 3 is 2.80 bits per heavy atom. The number of amides is 2. The van der Waals surface area contributed by atoms with Gasteiger partial charge in [0.05, 0.1) is 18.9 Å². The summed E-state index contributed by atoms with van der Waals surface area (Å²) in [5.74, 6) is 1.76. The first-order valence-corrected chi connectivity index (χ1v) is 7.33. The Hall–Kier alpha value is -1.91. The van der Waals surface area contributed by atoms with E-state index < -0.39 is 0 Å². The van der Waals surface area contributed by atoms with Crippen molar-refractivity contribution in [3.63, 3.8) is 0 Å². The van der Waals surface area contributed by atoms with Crippen molar-refractivity contribution < 1.29 is 14.3 Å². The Labute approximate surface area is 117 Å². The number of carbonyl (C=O) groups is 1. The maximum absolute atomic E-state index is 12.3. The van der Waals surface area contributed by atoms with Crippen LogP contribution >= 0.6 is 0 Å². The van der Waals surface area contributed by atoms with Crippen LogP contribution in [0.25, 0.3) is 0 Å². The highest BCUT2D eigenvalue weighted by Crippen LogP contribution is 2.44. The van der Waals surface area contributed by atoms with E-state index in [0.717, 1.165) is 67.1 Å². The summed E-state index contributed by atoms with van der Waals surface area (Å²) in [5.41, 5.74) is 3.06. The zero-order valence-electron chi connectivity index (χ0n) is 11.4. The topological polar surface area (TPSA) is 50.8 Å². The van der Waals surface area contributed by atoms with Crippen molar-refractivity contribution in [1.29, 1.82) is 0 Å². The lowest BCUT2D eigenvalue weighted by Crippen LogP contribution is -2.32. The van der Waals surface area contributed by atoms with Gasteiger partial charge in [-0.2, -0.15) is 0 Å². The van der Waals surface area contributed by atoms with Gasteiger partial charge in [0.2, 0.25) is 0 Å². The lowest BCUT2D eigenvalue weighted by atomic mass is 10.0. The molecule has 20 heavy (non-hydrogen) atoms. The number of benzene rings is 1. The summed E-state index contributed by atoms with van der Waals surface area (Å²) in [6.45, 7) is 3.07. The van der Waals surface area contributed by atoms with E-state index in [2.05, 4.69) is 11.4 Å². The first kappa shape index (κ1) is 11.9. The molecular formula is C15H18N2O3. The van der Waals surface area contributed by atoms with E-state index in [1.165, 1.54) is 0 Å². The number of rotatable bonds is 1. The van der Waals surface area contributed by atoms with E-state index in [4.69, 9.17) is 9.47 Å². The van der Waals surface area contributed by atoms with Crippen molar-refractivity contribution in [2.45, 2.75) is 25.7 Å². The van der Waals surface area contributed by atoms with Gasteiger partial charge >= 0.3 is 6.03 Å². The summed E-state index contributed by atoms with van der Waals surface area (Å²) in [6.07, 6.45) is 3.91. The molecule has 5 heteroatoms. The van der Waals surface area contributed by atoms with Crippen LogP contribution in [-0.4, -0.2) is 37.2 Å². The summed E-state index contributed by atoms with van der Waals surface area (Å²) in [4.78, 5) is 14.2. The molecule has 1 aromatic carbocycles. The number of hydrogen-bond acceptors (Lipinski definition) is 3. The van der Waals surface area contributed by atoms with Gasteiger partial charge in [-0.05, 0) is 18.9 Å². The van der Waals surface area contributed by atoms with Crippen molar-refractivity contribution in [2.24, 2.45) is 0 Å².